The summed E-state index contributed by atoms with van der Waals surface area (Å²) in [5.74, 6) is 0. The van der Waals surface area contributed by atoms with Gasteiger partial charge in [-0.15, -0.1) is 0 Å². The van der Waals surface area contributed by atoms with Crippen LogP contribution in [-0.4, -0.2) is 19.7 Å². The summed E-state index contributed by atoms with van der Waals surface area (Å²) in [6.07, 6.45) is 3.73. The average molecular weight is 176 g/mol. The Bertz CT molecular complexity index is 302. The molecule has 1 N–H and O–H groups in total. The summed E-state index contributed by atoms with van der Waals surface area (Å²) in [5.41, 5.74) is 0.565. The maximum absolute atomic E-state index is 10.6. The zero-order chi connectivity index (χ0) is 8.32. The molecule has 0 atom stereocenters. The van der Waals surface area contributed by atoms with E-state index in [9.17, 15) is 8.42 Å². The van der Waals surface area contributed by atoms with Crippen LogP contribution in [0, 0.1) is 0 Å². The quantitative estimate of drug-likeness (QED) is 0.687. The molecule has 1 heterocycles. The van der Waals surface area contributed by atoms with E-state index >= 15 is 0 Å². The molecular weight excluding hydrogens is 168 g/mol. The number of aromatic nitrogens is 1. The van der Waals surface area contributed by atoms with Gasteiger partial charge in [-0.2, -0.15) is 0 Å². The molecule has 0 aliphatic carbocycles. The van der Waals surface area contributed by atoms with Gasteiger partial charge >= 0.3 is 0 Å². The largest absolute Gasteiger partial charge is 0.451 e. The van der Waals surface area contributed by atoms with Crippen LogP contribution in [0.1, 0.15) is 5.69 Å². The maximum Gasteiger partial charge on any atom is 0.209 e. The highest BCUT2D eigenvalue weighted by Crippen LogP contribution is 1.93. The van der Waals surface area contributed by atoms with Crippen LogP contribution in [0.3, 0.4) is 0 Å². The Morgan fingerprint density at radius 1 is 1.73 bits per heavy atom. The Morgan fingerprint density at radius 2 is 2.45 bits per heavy atom. The molecule has 1 aromatic heterocycles. The lowest BCUT2D eigenvalue weighted by Crippen LogP contribution is -2.21. The van der Waals surface area contributed by atoms with E-state index in [1.807, 2.05) is 0 Å². The monoisotopic (exact) mass is 176 g/mol. The number of nitrogens with one attached hydrogen (secondary N) is 1. The van der Waals surface area contributed by atoms with Crippen LogP contribution >= 0.6 is 0 Å². The van der Waals surface area contributed by atoms with Crippen molar-refractivity contribution in [2.75, 3.05) is 6.26 Å². The summed E-state index contributed by atoms with van der Waals surface area (Å²) in [7, 11) is -3.13. The van der Waals surface area contributed by atoms with Gasteiger partial charge in [0.2, 0.25) is 10.0 Å². The third-order valence-electron chi connectivity index (χ3n) is 0.999. The minimum atomic E-state index is -3.13. The highest BCUT2D eigenvalue weighted by molar-refractivity contribution is 7.88. The first kappa shape index (κ1) is 8.22. The fourth-order valence-corrected chi connectivity index (χ4v) is 0.940. The first-order valence-corrected chi connectivity index (χ1v) is 4.79. The van der Waals surface area contributed by atoms with E-state index < -0.39 is 10.0 Å². The molecule has 62 valence electrons. The molecule has 0 fully saturated rings. The van der Waals surface area contributed by atoms with Crippen molar-refractivity contribution >= 4 is 10.0 Å². The van der Waals surface area contributed by atoms with E-state index in [0.717, 1.165) is 6.26 Å². The highest BCUT2D eigenvalue weighted by Gasteiger charge is 2.01. The molecule has 5 nitrogen and oxygen atoms in total. The van der Waals surface area contributed by atoms with Crippen LogP contribution in [0.2, 0.25) is 0 Å². The SMILES string of the molecule is CS(=O)(=O)NCc1cocn1. The molecule has 0 aliphatic heterocycles. The van der Waals surface area contributed by atoms with Gasteiger partial charge in [0.15, 0.2) is 6.39 Å². The summed E-state index contributed by atoms with van der Waals surface area (Å²) in [6.45, 7) is 0.176. The van der Waals surface area contributed by atoms with Gasteiger partial charge in [-0.1, -0.05) is 0 Å². The molecule has 1 aromatic rings. The van der Waals surface area contributed by atoms with Crippen molar-refractivity contribution in [1.29, 1.82) is 0 Å². The molecular formula is C5H8N2O3S. The minimum absolute atomic E-state index is 0.176. The standard InChI is InChI=1S/C5H8N2O3S/c1-11(8,9)7-2-5-3-10-4-6-5/h3-4,7H,2H2,1H3. The molecule has 0 amide bonds. The van der Waals surface area contributed by atoms with Gasteiger partial charge in [0, 0.05) is 0 Å². The molecule has 0 aliphatic rings. The topological polar surface area (TPSA) is 72.2 Å². The Balaban J connectivity index is 2.48. The van der Waals surface area contributed by atoms with E-state index in [0.29, 0.717) is 5.69 Å². The number of nitrogens with zero attached hydrogens (tertiary/aromatic N) is 1. The second kappa shape index (κ2) is 3.02. The van der Waals surface area contributed by atoms with Crippen LogP contribution in [0.5, 0.6) is 0 Å². The highest BCUT2D eigenvalue weighted by atomic mass is 32.2. The van der Waals surface area contributed by atoms with Crippen molar-refractivity contribution in [2.24, 2.45) is 0 Å². The van der Waals surface area contributed by atoms with Crippen molar-refractivity contribution in [1.82, 2.24) is 9.71 Å². The van der Waals surface area contributed by atoms with Gasteiger partial charge in [0.05, 0.1) is 18.5 Å². The second-order valence-electron chi connectivity index (χ2n) is 2.07. The molecule has 0 bridgehead atoms. The third-order valence-corrected chi connectivity index (χ3v) is 1.67. The van der Waals surface area contributed by atoms with Crippen LogP contribution in [0.15, 0.2) is 17.1 Å². The number of hydrogen-bond acceptors (Lipinski definition) is 4. The number of oxazole rings is 1. The van der Waals surface area contributed by atoms with E-state index in [-0.39, 0.29) is 6.54 Å². The smallest absolute Gasteiger partial charge is 0.209 e. The van der Waals surface area contributed by atoms with E-state index in [2.05, 4.69) is 14.1 Å². The lowest BCUT2D eigenvalue weighted by Gasteiger charge is -1.95. The van der Waals surface area contributed by atoms with Crippen molar-refractivity contribution in [3.05, 3.63) is 18.4 Å². The Labute approximate surface area is 64.5 Å². The van der Waals surface area contributed by atoms with E-state index in [4.69, 9.17) is 0 Å². The first-order chi connectivity index (χ1) is 5.08. The summed E-state index contributed by atoms with van der Waals surface area (Å²) in [5, 5.41) is 0. The Kier molecular flexibility index (Phi) is 2.25. The summed E-state index contributed by atoms with van der Waals surface area (Å²) in [6, 6.07) is 0. The minimum Gasteiger partial charge on any atom is -0.451 e. The van der Waals surface area contributed by atoms with Gasteiger partial charge in [-0.05, 0) is 0 Å². The molecule has 0 saturated carbocycles. The van der Waals surface area contributed by atoms with Crippen LogP contribution in [0.4, 0.5) is 0 Å². The zero-order valence-corrected chi connectivity index (χ0v) is 6.76. The zero-order valence-electron chi connectivity index (χ0n) is 5.94. The lowest BCUT2D eigenvalue weighted by atomic mass is 10.5. The van der Waals surface area contributed by atoms with Gasteiger partial charge in [0.25, 0.3) is 0 Å². The van der Waals surface area contributed by atoms with E-state index in [1.54, 1.807) is 0 Å². The molecule has 6 heteroatoms. The first-order valence-electron chi connectivity index (χ1n) is 2.89. The van der Waals surface area contributed by atoms with Crippen LogP contribution in [0.25, 0.3) is 0 Å². The van der Waals surface area contributed by atoms with Crippen molar-refractivity contribution in [2.45, 2.75) is 6.54 Å². The van der Waals surface area contributed by atoms with Gasteiger partial charge in [-0.25, -0.2) is 18.1 Å². The fraction of sp³-hybridized carbons (Fsp3) is 0.400. The van der Waals surface area contributed by atoms with Gasteiger partial charge in [-0.3, -0.25) is 0 Å². The predicted molar refractivity (Wildman–Crippen MR) is 38.2 cm³/mol. The van der Waals surface area contributed by atoms with Crippen LogP contribution in [-0.2, 0) is 16.6 Å². The summed E-state index contributed by atoms with van der Waals surface area (Å²) < 4.78 is 28.0. The lowest BCUT2D eigenvalue weighted by molar-refractivity contribution is 0.555. The van der Waals surface area contributed by atoms with Gasteiger partial charge in [0.1, 0.15) is 6.26 Å². The molecule has 0 spiro atoms. The maximum atomic E-state index is 10.6. The number of sulfonamides is 1. The normalized spacial score (nSPS) is 11.7. The molecule has 0 saturated heterocycles. The van der Waals surface area contributed by atoms with Gasteiger partial charge < -0.3 is 4.42 Å². The summed E-state index contributed by atoms with van der Waals surface area (Å²) >= 11 is 0. The summed E-state index contributed by atoms with van der Waals surface area (Å²) in [4.78, 5) is 3.73. The van der Waals surface area contributed by atoms with Crippen molar-refractivity contribution in [3.63, 3.8) is 0 Å². The van der Waals surface area contributed by atoms with Crippen LogP contribution < -0.4 is 4.72 Å². The molecule has 1 rings (SSSR count). The van der Waals surface area contributed by atoms with Crippen molar-refractivity contribution in [3.8, 4) is 0 Å². The predicted octanol–water partition coefficient (Wildman–Crippen LogP) is -0.276. The molecule has 0 aromatic carbocycles. The number of rotatable bonds is 3. The third kappa shape index (κ3) is 3.15. The molecule has 11 heavy (non-hydrogen) atoms. The second-order valence-corrected chi connectivity index (χ2v) is 3.91. The Hall–Kier alpha value is -0.880. The van der Waals surface area contributed by atoms with Crippen molar-refractivity contribution < 1.29 is 12.8 Å². The molecule has 0 unspecified atom stereocenters. The Morgan fingerprint density at radius 3 is 2.91 bits per heavy atom. The average Bonchev–Trinajstić information content (AvgIpc) is 2.32. The fourth-order valence-electron chi connectivity index (χ4n) is 0.530. The van der Waals surface area contributed by atoms with E-state index in [1.165, 1.54) is 12.7 Å². The molecule has 0 radical (unpaired) electrons. The number of hydrogen-bond donors (Lipinski definition) is 1.